The highest BCUT2D eigenvalue weighted by molar-refractivity contribution is 6.22. The van der Waals surface area contributed by atoms with Crippen molar-refractivity contribution in [3.8, 4) is 0 Å². The highest BCUT2D eigenvalue weighted by atomic mass is 14.1. The summed E-state index contributed by atoms with van der Waals surface area (Å²) in [7, 11) is 0. The molecule has 22 heavy (non-hydrogen) atoms. The zero-order chi connectivity index (χ0) is 15.7. The molecule has 0 saturated heterocycles. The monoisotopic (exact) mass is 284 g/mol. The molecule has 4 aromatic carbocycles. The van der Waals surface area contributed by atoms with Gasteiger partial charge in [0, 0.05) is 0 Å². The molecule has 108 valence electrons. The van der Waals surface area contributed by atoms with E-state index in [9.17, 15) is 0 Å². The molecule has 0 aliphatic carbocycles. The maximum Gasteiger partial charge on any atom is -0.00266 e. The van der Waals surface area contributed by atoms with Gasteiger partial charge in [-0.05, 0) is 43.1 Å². The maximum atomic E-state index is 4.34. The molecule has 4 rings (SSSR count). The number of benzene rings is 4. The van der Waals surface area contributed by atoms with Gasteiger partial charge < -0.3 is 0 Å². The van der Waals surface area contributed by atoms with Crippen molar-refractivity contribution in [3.05, 3.63) is 72.0 Å². The Morgan fingerprint density at radius 3 is 1.91 bits per heavy atom. The van der Waals surface area contributed by atoms with E-state index in [0.717, 1.165) is 10.8 Å². The van der Waals surface area contributed by atoms with Gasteiger partial charge in [-0.15, -0.1) is 0 Å². The molecule has 0 heterocycles. The van der Waals surface area contributed by atoms with Crippen LogP contribution in [-0.2, 0) is 0 Å². The summed E-state index contributed by atoms with van der Waals surface area (Å²) in [5.41, 5.74) is 1.15. The Balaban J connectivity index is 0.000000693. The third-order valence-electron chi connectivity index (χ3n) is 4.14. The normalized spacial score (nSPS) is 10.6. The highest BCUT2D eigenvalue weighted by Gasteiger charge is 2.09. The fourth-order valence-corrected chi connectivity index (χ4v) is 3.25. The second kappa shape index (κ2) is 5.65. The van der Waals surface area contributed by atoms with Crippen molar-refractivity contribution in [3.63, 3.8) is 0 Å². The van der Waals surface area contributed by atoms with Gasteiger partial charge in [0.1, 0.15) is 0 Å². The second-order valence-corrected chi connectivity index (χ2v) is 5.16. The lowest BCUT2D eigenvalue weighted by Gasteiger charge is -2.12. The van der Waals surface area contributed by atoms with Crippen LogP contribution in [0.5, 0.6) is 0 Å². The smallest absolute Gasteiger partial charge is 0.00266 e. The summed E-state index contributed by atoms with van der Waals surface area (Å²) in [4.78, 5) is 0. The van der Waals surface area contributed by atoms with Crippen LogP contribution in [0, 0.1) is 0 Å². The summed E-state index contributed by atoms with van der Waals surface area (Å²) in [5.74, 6) is 0. The quantitative estimate of drug-likeness (QED) is 0.299. The molecule has 0 bridgehead atoms. The van der Waals surface area contributed by atoms with Crippen molar-refractivity contribution in [1.29, 1.82) is 0 Å². The molecule has 0 atom stereocenters. The molecule has 4 aromatic rings. The van der Waals surface area contributed by atoms with E-state index >= 15 is 0 Å². The molecule has 0 amide bonds. The van der Waals surface area contributed by atoms with Crippen LogP contribution in [0.1, 0.15) is 19.4 Å². The molecule has 0 unspecified atom stereocenters. The molecule has 0 radical (unpaired) electrons. The third kappa shape index (κ3) is 1.92. The first-order valence-electron chi connectivity index (χ1n) is 7.78. The van der Waals surface area contributed by atoms with E-state index in [1.54, 1.807) is 0 Å². The van der Waals surface area contributed by atoms with Gasteiger partial charge in [0.2, 0.25) is 0 Å². The minimum absolute atomic E-state index is 1.10. The molecule has 0 heteroatoms. The van der Waals surface area contributed by atoms with Gasteiger partial charge in [0.05, 0.1) is 0 Å². The van der Waals surface area contributed by atoms with Gasteiger partial charge in [-0.25, -0.2) is 0 Å². The Bertz CT molecular complexity index is 1020. The SMILES string of the molecule is C=Cc1cccc2c1c(=C)c1cccc3cccc2c31.CC. The Labute approximate surface area is 131 Å². The van der Waals surface area contributed by atoms with Crippen molar-refractivity contribution in [2.75, 3.05) is 0 Å². The average Bonchev–Trinajstić information content (AvgIpc) is 2.60. The standard InChI is InChI=1S/C20H14.C2H6/c1-3-14-7-4-11-17-18-12-6-9-15-8-5-10-16(20(15)18)13(2)19(14)17;1-2/h3-12H,1-2H2;1-2H3. The van der Waals surface area contributed by atoms with Gasteiger partial charge in [-0.3, -0.25) is 0 Å². The lowest BCUT2D eigenvalue weighted by atomic mass is 9.91. The molecule has 0 aliphatic heterocycles. The van der Waals surface area contributed by atoms with Crippen molar-refractivity contribution in [2.45, 2.75) is 13.8 Å². The first kappa shape index (κ1) is 14.3. The van der Waals surface area contributed by atoms with Gasteiger partial charge in [-0.1, -0.05) is 87.7 Å². The Morgan fingerprint density at radius 2 is 1.27 bits per heavy atom. The zero-order valence-corrected chi connectivity index (χ0v) is 13.2. The molecule has 0 N–H and O–H groups in total. The van der Waals surface area contributed by atoms with Crippen molar-refractivity contribution < 1.29 is 0 Å². The highest BCUT2D eigenvalue weighted by Crippen LogP contribution is 2.31. The molecular formula is C22H20. The van der Waals surface area contributed by atoms with Gasteiger partial charge in [0.15, 0.2) is 0 Å². The fourth-order valence-electron chi connectivity index (χ4n) is 3.25. The summed E-state index contributed by atoms with van der Waals surface area (Å²) in [6.07, 6.45) is 1.91. The second-order valence-electron chi connectivity index (χ2n) is 5.16. The molecule has 0 spiro atoms. The predicted molar refractivity (Wildman–Crippen MR) is 101 cm³/mol. The van der Waals surface area contributed by atoms with Crippen molar-refractivity contribution in [1.82, 2.24) is 0 Å². The van der Waals surface area contributed by atoms with Gasteiger partial charge in [0.25, 0.3) is 0 Å². The Kier molecular flexibility index (Phi) is 3.68. The molecule has 0 aromatic heterocycles. The van der Waals surface area contributed by atoms with Crippen LogP contribution in [0.25, 0.3) is 45.0 Å². The Hall–Kier alpha value is -2.60. The first-order valence-corrected chi connectivity index (χ1v) is 7.78. The lowest BCUT2D eigenvalue weighted by Crippen LogP contribution is -2.04. The maximum absolute atomic E-state index is 4.34. The van der Waals surface area contributed by atoms with Crippen LogP contribution in [-0.4, -0.2) is 0 Å². The number of rotatable bonds is 1. The molecule has 0 fully saturated rings. The van der Waals surface area contributed by atoms with Crippen molar-refractivity contribution in [2.24, 2.45) is 0 Å². The van der Waals surface area contributed by atoms with E-state index in [2.05, 4.69) is 67.8 Å². The van der Waals surface area contributed by atoms with E-state index in [1.165, 1.54) is 32.3 Å². The van der Waals surface area contributed by atoms with Crippen LogP contribution in [0.15, 0.2) is 61.2 Å². The van der Waals surface area contributed by atoms with E-state index in [0.29, 0.717) is 0 Å². The summed E-state index contributed by atoms with van der Waals surface area (Å²) in [6, 6.07) is 19.3. The summed E-state index contributed by atoms with van der Waals surface area (Å²) in [6.45, 7) is 12.3. The van der Waals surface area contributed by atoms with E-state index < -0.39 is 0 Å². The van der Waals surface area contributed by atoms with Crippen LogP contribution < -0.4 is 5.22 Å². The van der Waals surface area contributed by atoms with Crippen LogP contribution in [0.2, 0.25) is 0 Å². The largest absolute Gasteiger partial charge is 0.0984 e. The third-order valence-corrected chi connectivity index (χ3v) is 4.14. The topological polar surface area (TPSA) is 0 Å². The molecular weight excluding hydrogens is 264 g/mol. The minimum atomic E-state index is 1.10. The average molecular weight is 284 g/mol. The van der Waals surface area contributed by atoms with Crippen LogP contribution in [0.4, 0.5) is 0 Å². The van der Waals surface area contributed by atoms with Crippen LogP contribution >= 0.6 is 0 Å². The summed E-state index contributed by atoms with van der Waals surface area (Å²) in [5, 5.41) is 8.69. The number of fused-ring (bicyclic) bond motifs is 2. The van der Waals surface area contributed by atoms with E-state index in [4.69, 9.17) is 0 Å². The van der Waals surface area contributed by atoms with Crippen molar-refractivity contribution >= 4 is 45.0 Å². The fraction of sp³-hybridized carbons (Fsp3) is 0.0909. The predicted octanol–water partition coefficient (Wildman–Crippen LogP) is 5.94. The first-order chi connectivity index (χ1) is 10.8. The van der Waals surface area contributed by atoms with E-state index in [-0.39, 0.29) is 0 Å². The summed E-state index contributed by atoms with van der Waals surface area (Å²) >= 11 is 0. The van der Waals surface area contributed by atoms with Crippen LogP contribution in [0.3, 0.4) is 0 Å². The Morgan fingerprint density at radius 1 is 0.727 bits per heavy atom. The molecule has 0 nitrogen and oxygen atoms in total. The number of hydrogen-bond acceptors (Lipinski definition) is 0. The van der Waals surface area contributed by atoms with Gasteiger partial charge >= 0.3 is 0 Å². The van der Waals surface area contributed by atoms with Gasteiger partial charge in [-0.2, -0.15) is 0 Å². The molecule has 0 saturated carbocycles. The summed E-state index contributed by atoms with van der Waals surface area (Å²) < 4.78 is 0. The zero-order valence-electron chi connectivity index (χ0n) is 13.2. The lowest BCUT2D eigenvalue weighted by molar-refractivity contribution is 1.50. The van der Waals surface area contributed by atoms with E-state index in [1.807, 2.05) is 19.9 Å². The number of hydrogen-bond donors (Lipinski definition) is 0. The minimum Gasteiger partial charge on any atom is -0.0984 e. The molecule has 0 aliphatic rings.